The number of hydrogen-bond acceptors (Lipinski definition) is 11. The predicted molar refractivity (Wildman–Crippen MR) is 131 cm³/mol. The minimum absolute atomic E-state index is 0.385. The minimum atomic E-state index is -1.26. The van der Waals surface area contributed by atoms with Crippen molar-refractivity contribution in [2.75, 3.05) is 46.0 Å². The molecule has 7 N–H and O–H groups in total. The van der Waals surface area contributed by atoms with Crippen LogP contribution in [0.1, 0.15) is 52.9 Å². The molecule has 3 saturated heterocycles. The third-order valence-electron chi connectivity index (χ3n) is 6.19. The van der Waals surface area contributed by atoms with Crippen molar-refractivity contribution in [2.45, 2.75) is 101 Å². The molecule has 3 heterocycles. The summed E-state index contributed by atoms with van der Waals surface area (Å²) in [6, 6.07) is 0. The molecule has 210 valence electrons. The van der Waals surface area contributed by atoms with Gasteiger partial charge in [-0.2, -0.15) is 0 Å². The Hall–Kier alpha value is -1.09. The zero-order valence-corrected chi connectivity index (χ0v) is 21.9. The summed E-state index contributed by atoms with van der Waals surface area (Å²) in [6.45, 7) is 8.85. The molecule has 0 atom stereocenters. The number of nitrogens with two attached hydrogens (primary N) is 3. The van der Waals surface area contributed by atoms with Gasteiger partial charge in [-0.25, -0.2) is 4.79 Å². The van der Waals surface area contributed by atoms with E-state index in [1.54, 1.807) is 0 Å². The van der Waals surface area contributed by atoms with Crippen molar-refractivity contribution in [3.05, 3.63) is 0 Å². The molecule has 12 heteroatoms. The van der Waals surface area contributed by atoms with Crippen LogP contribution < -0.4 is 22.5 Å². The molecular formula is C24H46N4O8. The first-order valence-electron chi connectivity index (χ1n) is 13.2. The maximum atomic E-state index is 12.0. The van der Waals surface area contributed by atoms with Gasteiger partial charge >= 0.3 is 6.09 Å². The molecule has 4 bridgehead atoms. The van der Waals surface area contributed by atoms with E-state index in [9.17, 15) is 4.79 Å². The Kier molecular flexibility index (Phi) is 11.2. The Labute approximate surface area is 214 Å². The van der Waals surface area contributed by atoms with Crippen molar-refractivity contribution in [1.29, 1.82) is 0 Å². The number of carbonyl (C=O) groups is 1. The standard InChI is InChI=1S/C24H46N4O8/c1-23(2,3)36-22(29)28-12-4-8-24-33-19-16(30-13-5-9-25)20(34-24)18(32-15-7-11-27)21(35-24)17(19)31-14-6-10-26/h16-21H,4-15,25-27H2,1-3H3,(H,28,29). The number of amides is 1. The number of hydrogen-bond donors (Lipinski definition) is 4. The van der Waals surface area contributed by atoms with Crippen LogP contribution in [0.2, 0.25) is 0 Å². The maximum absolute atomic E-state index is 12.0. The smallest absolute Gasteiger partial charge is 0.407 e. The van der Waals surface area contributed by atoms with Crippen LogP contribution in [0.3, 0.4) is 0 Å². The van der Waals surface area contributed by atoms with Gasteiger partial charge in [0.2, 0.25) is 0 Å². The lowest BCUT2D eigenvalue weighted by atomic mass is 9.81. The monoisotopic (exact) mass is 518 g/mol. The van der Waals surface area contributed by atoms with Gasteiger partial charge in [0.15, 0.2) is 0 Å². The molecule has 0 radical (unpaired) electrons. The molecule has 0 aromatic carbocycles. The minimum Gasteiger partial charge on any atom is -0.444 e. The molecule has 0 aromatic heterocycles. The van der Waals surface area contributed by atoms with Crippen LogP contribution in [-0.2, 0) is 33.2 Å². The molecule has 3 aliphatic heterocycles. The summed E-state index contributed by atoms with van der Waals surface area (Å²) in [7, 11) is 0. The lowest BCUT2D eigenvalue weighted by Crippen LogP contribution is -2.80. The quantitative estimate of drug-likeness (QED) is 0.208. The number of alkyl carbamates (subject to hydrolysis) is 1. The van der Waals surface area contributed by atoms with Gasteiger partial charge in [0.05, 0.1) is 0 Å². The fraction of sp³-hybridized carbons (Fsp3) is 0.958. The molecule has 12 nitrogen and oxygen atoms in total. The Morgan fingerprint density at radius 3 is 1.56 bits per heavy atom. The molecule has 1 saturated carbocycles. The van der Waals surface area contributed by atoms with Crippen molar-refractivity contribution < 1.29 is 38.0 Å². The van der Waals surface area contributed by atoms with E-state index < -0.39 is 54.3 Å². The predicted octanol–water partition coefficient (Wildman–Crippen LogP) is 0.344. The Morgan fingerprint density at radius 1 is 0.778 bits per heavy atom. The highest BCUT2D eigenvalue weighted by molar-refractivity contribution is 5.67. The molecule has 4 aliphatic rings. The van der Waals surface area contributed by atoms with Crippen molar-refractivity contribution in [3.8, 4) is 0 Å². The van der Waals surface area contributed by atoms with Gasteiger partial charge in [-0.05, 0) is 66.1 Å². The van der Waals surface area contributed by atoms with Crippen molar-refractivity contribution in [2.24, 2.45) is 17.2 Å². The summed E-state index contributed by atoms with van der Waals surface area (Å²) < 4.78 is 43.1. The van der Waals surface area contributed by atoms with Gasteiger partial charge in [0.25, 0.3) is 5.97 Å². The van der Waals surface area contributed by atoms with Gasteiger partial charge in [-0.3, -0.25) is 0 Å². The van der Waals surface area contributed by atoms with Crippen molar-refractivity contribution >= 4 is 6.09 Å². The van der Waals surface area contributed by atoms with Crippen LogP contribution >= 0.6 is 0 Å². The first-order valence-corrected chi connectivity index (χ1v) is 13.2. The van der Waals surface area contributed by atoms with E-state index in [2.05, 4.69) is 5.32 Å². The summed E-state index contributed by atoms with van der Waals surface area (Å²) in [5.74, 6) is -1.26. The average molecular weight is 519 g/mol. The summed E-state index contributed by atoms with van der Waals surface area (Å²) in [6.07, 6.45) is 0.281. The van der Waals surface area contributed by atoms with Crippen molar-refractivity contribution in [3.63, 3.8) is 0 Å². The number of ether oxygens (including phenoxy) is 7. The van der Waals surface area contributed by atoms with Gasteiger partial charge in [0.1, 0.15) is 42.2 Å². The zero-order chi connectivity index (χ0) is 26.2. The SMILES string of the molecule is CC(C)(C)OC(=O)NCCCC12OC3C(OCCCN)C(O1)C(OCCCN)C(O2)C3OCCCN. The first-order chi connectivity index (χ1) is 17.2. The van der Waals surface area contributed by atoms with E-state index >= 15 is 0 Å². The Morgan fingerprint density at radius 2 is 1.19 bits per heavy atom. The highest BCUT2D eigenvalue weighted by atomic mass is 16.9. The molecule has 1 aliphatic carbocycles. The molecule has 1 amide bonds. The van der Waals surface area contributed by atoms with E-state index in [0.29, 0.717) is 58.8 Å². The van der Waals surface area contributed by atoms with E-state index in [1.165, 1.54) is 0 Å². The summed E-state index contributed by atoms with van der Waals surface area (Å²) in [5, 5.41) is 2.76. The third kappa shape index (κ3) is 7.71. The van der Waals surface area contributed by atoms with E-state index in [4.69, 9.17) is 50.4 Å². The van der Waals surface area contributed by atoms with E-state index in [0.717, 1.165) is 19.3 Å². The lowest BCUT2D eigenvalue weighted by molar-refractivity contribution is -0.544. The Bertz CT molecular complexity index is 607. The van der Waals surface area contributed by atoms with Crippen LogP contribution in [0.15, 0.2) is 0 Å². The Balaban J connectivity index is 1.69. The van der Waals surface area contributed by atoms with Crippen LogP contribution in [0.4, 0.5) is 4.79 Å². The number of carbonyl (C=O) groups excluding carboxylic acids is 1. The summed E-state index contributed by atoms with van der Waals surface area (Å²) >= 11 is 0. The molecule has 4 fully saturated rings. The zero-order valence-electron chi connectivity index (χ0n) is 21.9. The van der Waals surface area contributed by atoms with E-state index in [-0.39, 0.29) is 0 Å². The normalized spacial score (nSPS) is 33.2. The summed E-state index contributed by atoms with van der Waals surface area (Å²) in [5.41, 5.74) is 16.5. The van der Waals surface area contributed by atoms with Crippen LogP contribution in [-0.4, -0.2) is 100 Å². The number of nitrogens with one attached hydrogen (secondary N) is 1. The fourth-order valence-corrected chi connectivity index (χ4v) is 4.69. The average Bonchev–Trinajstić information content (AvgIpc) is 2.81. The van der Waals surface area contributed by atoms with Gasteiger partial charge in [-0.15, -0.1) is 0 Å². The van der Waals surface area contributed by atoms with Crippen molar-refractivity contribution in [1.82, 2.24) is 5.32 Å². The van der Waals surface area contributed by atoms with Crippen LogP contribution in [0, 0.1) is 0 Å². The van der Waals surface area contributed by atoms with Crippen LogP contribution in [0.5, 0.6) is 0 Å². The highest BCUT2D eigenvalue weighted by Gasteiger charge is 2.68. The van der Waals surface area contributed by atoms with Gasteiger partial charge in [0, 0.05) is 32.8 Å². The topological polar surface area (TPSA) is 172 Å². The maximum Gasteiger partial charge on any atom is 0.407 e. The second-order valence-electron chi connectivity index (χ2n) is 10.4. The van der Waals surface area contributed by atoms with Gasteiger partial charge in [-0.1, -0.05) is 0 Å². The second kappa shape index (κ2) is 13.6. The van der Waals surface area contributed by atoms with Gasteiger partial charge < -0.3 is 55.7 Å². The molecule has 0 spiro atoms. The lowest BCUT2D eigenvalue weighted by Gasteiger charge is -2.63. The largest absolute Gasteiger partial charge is 0.444 e. The molecule has 36 heavy (non-hydrogen) atoms. The molecular weight excluding hydrogens is 472 g/mol. The molecule has 4 rings (SSSR count). The highest BCUT2D eigenvalue weighted by Crippen LogP contribution is 2.49. The molecule has 0 aromatic rings. The third-order valence-corrected chi connectivity index (χ3v) is 6.19. The second-order valence-corrected chi connectivity index (χ2v) is 10.4. The van der Waals surface area contributed by atoms with E-state index in [1.807, 2.05) is 20.8 Å². The summed E-state index contributed by atoms with van der Waals surface area (Å²) in [4.78, 5) is 12.0. The first kappa shape index (κ1) is 29.5. The fourth-order valence-electron chi connectivity index (χ4n) is 4.69. The van der Waals surface area contributed by atoms with Crippen LogP contribution in [0.25, 0.3) is 0 Å². The number of rotatable bonds is 16. The molecule has 0 unspecified atom stereocenters.